The average molecular weight is 288 g/mol. The van der Waals surface area contributed by atoms with E-state index in [-0.39, 0.29) is 6.54 Å². The number of rotatable bonds is 7. The number of carbonyl (C=O) groups is 1. The molecule has 0 aliphatic heterocycles. The smallest absolute Gasteiger partial charge is 0.323 e. The molecule has 1 aromatic heterocycles. The number of nitrogens with zero attached hydrogens (tertiary/aromatic N) is 2. The molecule has 0 fully saturated rings. The maximum absolute atomic E-state index is 11.1. The number of carboxylic acids is 1. The predicted molar refractivity (Wildman–Crippen MR) is 84.7 cm³/mol. The first-order valence-corrected chi connectivity index (χ1v) is 7.71. The van der Waals surface area contributed by atoms with Gasteiger partial charge >= 0.3 is 5.97 Å². The summed E-state index contributed by atoms with van der Waals surface area (Å²) in [6.45, 7) is 6.28. The molecule has 21 heavy (non-hydrogen) atoms. The monoisotopic (exact) mass is 288 g/mol. The molecule has 0 aliphatic carbocycles. The Morgan fingerprint density at radius 2 is 1.90 bits per heavy atom. The van der Waals surface area contributed by atoms with Gasteiger partial charge in [-0.1, -0.05) is 26.2 Å². The number of carboxylic acid groups (broad SMARTS) is 1. The highest BCUT2D eigenvalue weighted by Gasteiger charge is 2.14. The summed E-state index contributed by atoms with van der Waals surface area (Å²) in [6, 6.07) is 4.11. The van der Waals surface area contributed by atoms with Crippen LogP contribution in [-0.4, -0.2) is 20.6 Å². The van der Waals surface area contributed by atoms with Gasteiger partial charge in [0.15, 0.2) is 0 Å². The largest absolute Gasteiger partial charge is 0.480 e. The molecule has 4 heteroatoms. The molecule has 0 saturated carbocycles. The quantitative estimate of drug-likeness (QED) is 0.787. The van der Waals surface area contributed by atoms with Crippen molar-refractivity contribution < 1.29 is 9.90 Å². The molecule has 2 rings (SSSR count). The zero-order valence-electron chi connectivity index (χ0n) is 13.1. The number of aliphatic carboxylic acids is 1. The van der Waals surface area contributed by atoms with Crippen molar-refractivity contribution in [2.24, 2.45) is 0 Å². The Morgan fingerprint density at radius 1 is 1.19 bits per heavy atom. The van der Waals surface area contributed by atoms with Crippen LogP contribution >= 0.6 is 0 Å². The van der Waals surface area contributed by atoms with E-state index in [1.807, 2.05) is 11.5 Å². The number of aromatic nitrogens is 2. The first-order chi connectivity index (χ1) is 10.0. The van der Waals surface area contributed by atoms with Gasteiger partial charge in [0.05, 0.1) is 11.0 Å². The van der Waals surface area contributed by atoms with Gasteiger partial charge in [-0.15, -0.1) is 0 Å². The van der Waals surface area contributed by atoms with Crippen molar-refractivity contribution in [3.8, 4) is 0 Å². The SMILES string of the molecule is CCCCCCc1nc2cc(C)c(C)cc2n1CC(=O)O. The van der Waals surface area contributed by atoms with Gasteiger partial charge in [0.25, 0.3) is 0 Å². The number of imidazole rings is 1. The normalized spacial score (nSPS) is 11.2. The molecular weight excluding hydrogens is 264 g/mol. The third-order valence-electron chi connectivity index (χ3n) is 3.99. The number of fused-ring (bicyclic) bond motifs is 1. The summed E-state index contributed by atoms with van der Waals surface area (Å²) in [4.78, 5) is 15.8. The van der Waals surface area contributed by atoms with Crippen molar-refractivity contribution in [1.29, 1.82) is 0 Å². The summed E-state index contributed by atoms with van der Waals surface area (Å²) >= 11 is 0. The molecule has 0 unspecified atom stereocenters. The second-order valence-electron chi connectivity index (χ2n) is 5.74. The van der Waals surface area contributed by atoms with Gasteiger partial charge in [0.2, 0.25) is 0 Å². The number of hydrogen-bond acceptors (Lipinski definition) is 2. The van der Waals surface area contributed by atoms with Crippen molar-refractivity contribution in [3.63, 3.8) is 0 Å². The van der Waals surface area contributed by atoms with Crippen LogP contribution in [0.3, 0.4) is 0 Å². The first kappa shape index (κ1) is 15.5. The fraction of sp³-hybridized carbons (Fsp3) is 0.529. The molecule has 0 radical (unpaired) electrons. The number of hydrogen-bond donors (Lipinski definition) is 1. The Labute approximate surface area is 125 Å². The topological polar surface area (TPSA) is 55.1 Å². The van der Waals surface area contributed by atoms with Crippen LogP contribution < -0.4 is 0 Å². The van der Waals surface area contributed by atoms with Crippen LogP contribution in [0, 0.1) is 13.8 Å². The minimum Gasteiger partial charge on any atom is -0.480 e. The first-order valence-electron chi connectivity index (χ1n) is 7.71. The lowest BCUT2D eigenvalue weighted by atomic mass is 10.1. The van der Waals surface area contributed by atoms with E-state index in [4.69, 9.17) is 5.11 Å². The minimum atomic E-state index is -0.817. The highest BCUT2D eigenvalue weighted by Crippen LogP contribution is 2.22. The lowest BCUT2D eigenvalue weighted by molar-refractivity contribution is -0.137. The number of aryl methyl sites for hydroxylation is 3. The molecule has 4 nitrogen and oxygen atoms in total. The molecule has 0 spiro atoms. The number of unbranched alkanes of at least 4 members (excludes halogenated alkanes) is 3. The van der Waals surface area contributed by atoms with Crippen LogP contribution in [0.1, 0.15) is 49.6 Å². The van der Waals surface area contributed by atoms with Crippen LogP contribution in [0.25, 0.3) is 11.0 Å². The predicted octanol–water partition coefficient (Wildman–Crippen LogP) is 3.86. The van der Waals surface area contributed by atoms with Crippen molar-refractivity contribution in [1.82, 2.24) is 9.55 Å². The van der Waals surface area contributed by atoms with Gasteiger partial charge in [-0.25, -0.2) is 4.98 Å². The second-order valence-corrected chi connectivity index (χ2v) is 5.74. The highest BCUT2D eigenvalue weighted by molar-refractivity contribution is 5.80. The summed E-state index contributed by atoms with van der Waals surface area (Å²) in [5.74, 6) is 0.0795. The van der Waals surface area contributed by atoms with E-state index in [2.05, 4.69) is 31.0 Å². The molecule has 1 N–H and O–H groups in total. The summed E-state index contributed by atoms with van der Waals surface area (Å²) in [5.41, 5.74) is 4.21. The molecule has 1 aromatic carbocycles. The Balaban J connectivity index is 2.35. The Kier molecular flexibility index (Phi) is 4.99. The zero-order chi connectivity index (χ0) is 15.4. The Bertz CT molecular complexity index is 644. The van der Waals surface area contributed by atoms with E-state index in [0.717, 1.165) is 29.7 Å². The lowest BCUT2D eigenvalue weighted by Crippen LogP contribution is -2.12. The van der Waals surface area contributed by atoms with E-state index >= 15 is 0 Å². The fourth-order valence-corrected chi connectivity index (χ4v) is 2.64. The number of benzene rings is 1. The van der Waals surface area contributed by atoms with E-state index in [1.54, 1.807) is 0 Å². The van der Waals surface area contributed by atoms with E-state index in [0.29, 0.717) is 0 Å². The van der Waals surface area contributed by atoms with E-state index in [1.165, 1.54) is 30.4 Å². The molecule has 0 atom stereocenters. The molecular formula is C17H24N2O2. The van der Waals surface area contributed by atoms with Gasteiger partial charge in [0, 0.05) is 6.42 Å². The second kappa shape index (κ2) is 6.74. The van der Waals surface area contributed by atoms with Crippen LogP contribution in [-0.2, 0) is 17.8 Å². The molecule has 114 valence electrons. The highest BCUT2D eigenvalue weighted by atomic mass is 16.4. The van der Waals surface area contributed by atoms with Crippen molar-refractivity contribution in [3.05, 3.63) is 29.1 Å². The molecule has 0 amide bonds. The van der Waals surface area contributed by atoms with E-state index < -0.39 is 5.97 Å². The summed E-state index contributed by atoms with van der Waals surface area (Å²) < 4.78 is 1.86. The van der Waals surface area contributed by atoms with Crippen LogP contribution in [0.15, 0.2) is 12.1 Å². The third-order valence-corrected chi connectivity index (χ3v) is 3.99. The molecule has 2 aromatic rings. The third kappa shape index (κ3) is 3.63. The maximum Gasteiger partial charge on any atom is 0.323 e. The van der Waals surface area contributed by atoms with E-state index in [9.17, 15) is 4.79 Å². The Hall–Kier alpha value is -1.84. The van der Waals surface area contributed by atoms with Crippen molar-refractivity contribution in [2.75, 3.05) is 0 Å². The van der Waals surface area contributed by atoms with Gasteiger partial charge < -0.3 is 9.67 Å². The zero-order valence-corrected chi connectivity index (χ0v) is 13.1. The average Bonchev–Trinajstić information content (AvgIpc) is 2.73. The van der Waals surface area contributed by atoms with Crippen LogP contribution in [0.5, 0.6) is 0 Å². The standard InChI is InChI=1S/C17H24N2O2/c1-4-5-6-7-8-16-18-14-9-12(2)13(3)10-15(14)19(16)11-17(20)21/h9-10H,4-8,11H2,1-3H3,(H,20,21). The summed E-state index contributed by atoms with van der Waals surface area (Å²) in [5, 5.41) is 9.15. The van der Waals surface area contributed by atoms with Gasteiger partial charge in [-0.05, 0) is 43.5 Å². The van der Waals surface area contributed by atoms with Crippen LogP contribution in [0.2, 0.25) is 0 Å². The maximum atomic E-state index is 11.1. The lowest BCUT2D eigenvalue weighted by Gasteiger charge is -2.07. The summed E-state index contributed by atoms with van der Waals surface area (Å²) in [7, 11) is 0. The van der Waals surface area contributed by atoms with Gasteiger partial charge in [-0.2, -0.15) is 0 Å². The van der Waals surface area contributed by atoms with Crippen molar-refractivity contribution >= 4 is 17.0 Å². The van der Waals surface area contributed by atoms with Gasteiger partial charge in [-0.3, -0.25) is 4.79 Å². The Morgan fingerprint density at radius 3 is 2.57 bits per heavy atom. The van der Waals surface area contributed by atoms with Crippen molar-refractivity contribution in [2.45, 2.75) is 59.4 Å². The summed E-state index contributed by atoms with van der Waals surface area (Å²) in [6.07, 6.45) is 5.50. The fourth-order valence-electron chi connectivity index (χ4n) is 2.64. The molecule has 0 saturated heterocycles. The molecule has 0 aliphatic rings. The molecule has 0 bridgehead atoms. The molecule has 1 heterocycles. The van der Waals surface area contributed by atoms with Crippen LogP contribution in [0.4, 0.5) is 0 Å². The van der Waals surface area contributed by atoms with Gasteiger partial charge in [0.1, 0.15) is 12.4 Å². The minimum absolute atomic E-state index is 0.0118.